The highest BCUT2D eigenvalue weighted by Gasteiger charge is 2.67. The second-order valence-electron chi connectivity index (χ2n) is 11.0. The van der Waals surface area contributed by atoms with Crippen LogP contribution in [0.2, 0.25) is 20.1 Å². The molecule has 0 spiro atoms. The molecule has 1 saturated carbocycles. The van der Waals surface area contributed by atoms with Gasteiger partial charge in [-0.3, -0.25) is 14.9 Å². The van der Waals surface area contributed by atoms with E-state index in [1.807, 2.05) is 6.92 Å². The fourth-order valence-electron chi connectivity index (χ4n) is 4.52. The molecule has 3 aromatic carbocycles. The first-order valence-corrected chi connectivity index (χ1v) is 15.0. The summed E-state index contributed by atoms with van der Waals surface area (Å²) < 4.78 is 3.89. The van der Waals surface area contributed by atoms with Gasteiger partial charge in [-0.25, -0.2) is 4.79 Å². The van der Waals surface area contributed by atoms with Gasteiger partial charge in [0.05, 0.1) is 26.0 Å². The zero-order chi connectivity index (χ0) is 31.1. The Bertz CT molecular complexity index is 1560. The second kappa shape index (κ2) is 12.4. The van der Waals surface area contributed by atoms with E-state index in [2.05, 4.69) is 10.6 Å². The van der Waals surface area contributed by atoms with Crippen LogP contribution < -0.4 is 10.6 Å². The van der Waals surface area contributed by atoms with E-state index < -0.39 is 33.8 Å². The molecular weight excluding hydrogens is 665 g/mol. The summed E-state index contributed by atoms with van der Waals surface area (Å²) in [4.78, 5) is 38.5. The topological polar surface area (TPSA) is 84.5 Å². The Kier molecular flexibility index (Phi) is 9.68. The lowest BCUT2D eigenvalue weighted by Gasteiger charge is -2.20. The van der Waals surface area contributed by atoms with Gasteiger partial charge in [-0.1, -0.05) is 52.5 Å². The molecule has 12 heteroatoms. The maximum atomic E-state index is 13.3. The summed E-state index contributed by atoms with van der Waals surface area (Å²) in [6, 6.07) is 13.0. The Morgan fingerprint density at radius 3 is 2.05 bits per heavy atom. The number of rotatable bonds is 7. The standard InChI is InChI=1S/C30H26Cl6N2O4/c1-14-9-17(38-28(41)42-29(2,3)4)6-5-15(14)12-23(39)19-13-18(7-8-20(19)31)37-27(40)25-24(30(25,35)36)16-10-21(32)26(34)22(33)11-16/h5-11,13,24-25H,12H2,1-4H3,(H,37,40)(H,38,41)/t24-,25+/m0/s1. The maximum absolute atomic E-state index is 13.3. The third-order valence-electron chi connectivity index (χ3n) is 6.57. The first-order valence-electron chi connectivity index (χ1n) is 12.7. The van der Waals surface area contributed by atoms with E-state index in [1.54, 1.807) is 57.2 Å². The van der Waals surface area contributed by atoms with Gasteiger partial charge in [0, 0.05) is 29.3 Å². The first kappa shape index (κ1) is 32.7. The van der Waals surface area contributed by atoms with E-state index in [0.717, 1.165) is 11.1 Å². The van der Waals surface area contributed by atoms with Crippen LogP contribution in [0.25, 0.3) is 0 Å². The number of nitrogens with one attached hydrogen (secondary N) is 2. The van der Waals surface area contributed by atoms with Crippen molar-refractivity contribution in [1.82, 2.24) is 0 Å². The van der Waals surface area contributed by atoms with Crippen molar-refractivity contribution in [2.45, 2.75) is 50.0 Å². The zero-order valence-electron chi connectivity index (χ0n) is 22.9. The van der Waals surface area contributed by atoms with Gasteiger partial charge in [-0.05, 0) is 86.8 Å². The van der Waals surface area contributed by atoms with E-state index in [-0.39, 0.29) is 37.9 Å². The van der Waals surface area contributed by atoms with Gasteiger partial charge in [0.2, 0.25) is 5.91 Å². The zero-order valence-corrected chi connectivity index (χ0v) is 27.4. The number of aryl methyl sites for hydroxylation is 1. The number of carbonyl (C=O) groups excluding carboxylic acids is 3. The number of hydrogen-bond donors (Lipinski definition) is 2. The summed E-state index contributed by atoms with van der Waals surface area (Å²) in [6.07, 6.45) is -0.527. The molecule has 4 rings (SSSR count). The maximum Gasteiger partial charge on any atom is 0.412 e. The highest BCUT2D eigenvalue weighted by atomic mass is 35.5. The van der Waals surface area contributed by atoms with Gasteiger partial charge in [-0.15, -0.1) is 23.2 Å². The van der Waals surface area contributed by atoms with Crippen LogP contribution >= 0.6 is 69.6 Å². The van der Waals surface area contributed by atoms with Crippen LogP contribution in [0.4, 0.5) is 16.2 Å². The predicted molar refractivity (Wildman–Crippen MR) is 171 cm³/mol. The highest BCUT2D eigenvalue weighted by molar-refractivity contribution is 6.54. The number of anilines is 2. The molecule has 42 heavy (non-hydrogen) atoms. The number of halogens is 6. The van der Waals surface area contributed by atoms with Crippen LogP contribution in [0.15, 0.2) is 48.5 Å². The van der Waals surface area contributed by atoms with E-state index in [9.17, 15) is 14.4 Å². The smallest absolute Gasteiger partial charge is 0.412 e. The molecule has 2 atom stereocenters. The van der Waals surface area contributed by atoms with Crippen LogP contribution in [0, 0.1) is 12.8 Å². The van der Waals surface area contributed by atoms with Crippen LogP contribution in [0.5, 0.6) is 0 Å². The van der Waals surface area contributed by atoms with Crippen molar-refractivity contribution in [3.8, 4) is 0 Å². The van der Waals surface area contributed by atoms with Gasteiger partial charge in [0.1, 0.15) is 9.93 Å². The SMILES string of the molecule is Cc1cc(NC(=O)OC(C)(C)C)ccc1CC(=O)c1cc(NC(=O)[C@H]2[C@H](c3cc(Cl)c(Cl)c(Cl)c3)C2(Cl)Cl)ccc1Cl. The molecule has 0 aromatic heterocycles. The molecule has 3 aromatic rings. The largest absolute Gasteiger partial charge is 0.444 e. The fraction of sp³-hybridized carbons (Fsp3) is 0.300. The average molecular weight is 691 g/mol. The number of benzene rings is 3. The normalized spacial score (nSPS) is 17.4. The number of hydrogen-bond acceptors (Lipinski definition) is 4. The van der Waals surface area contributed by atoms with Gasteiger partial charge >= 0.3 is 6.09 Å². The van der Waals surface area contributed by atoms with E-state index >= 15 is 0 Å². The number of ketones is 1. The summed E-state index contributed by atoms with van der Waals surface area (Å²) in [5, 5.41) is 6.33. The van der Waals surface area contributed by atoms with E-state index in [0.29, 0.717) is 16.9 Å². The summed E-state index contributed by atoms with van der Waals surface area (Å²) in [5.74, 6) is -2.08. The highest BCUT2D eigenvalue weighted by Crippen LogP contribution is 2.65. The summed E-state index contributed by atoms with van der Waals surface area (Å²) in [7, 11) is 0. The van der Waals surface area contributed by atoms with Crippen molar-refractivity contribution in [3.05, 3.63) is 90.9 Å². The van der Waals surface area contributed by atoms with Crippen LogP contribution in [0.3, 0.4) is 0 Å². The van der Waals surface area contributed by atoms with Crippen molar-refractivity contribution in [3.63, 3.8) is 0 Å². The van der Waals surface area contributed by atoms with Crippen LogP contribution in [0.1, 0.15) is 53.7 Å². The Morgan fingerprint density at radius 2 is 1.45 bits per heavy atom. The van der Waals surface area contributed by atoms with Crippen molar-refractivity contribution < 1.29 is 19.1 Å². The van der Waals surface area contributed by atoms with Gasteiger partial charge in [-0.2, -0.15) is 0 Å². The molecule has 0 radical (unpaired) electrons. The molecule has 1 fully saturated rings. The Morgan fingerprint density at radius 1 is 0.857 bits per heavy atom. The molecule has 1 aliphatic rings. The van der Waals surface area contributed by atoms with Gasteiger partial charge in [0.15, 0.2) is 5.78 Å². The molecule has 222 valence electrons. The molecule has 0 saturated heterocycles. The minimum absolute atomic E-state index is 0.0466. The average Bonchev–Trinajstić information content (AvgIpc) is 3.45. The van der Waals surface area contributed by atoms with Crippen molar-refractivity contribution in [2.24, 2.45) is 5.92 Å². The third kappa shape index (κ3) is 7.47. The molecule has 2 amide bonds. The molecule has 0 aliphatic heterocycles. The Balaban J connectivity index is 1.45. The van der Waals surface area contributed by atoms with Crippen LogP contribution in [-0.4, -0.2) is 27.7 Å². The van der Waals surface area contributed by atoms with Crippen LogP contribution in [-0.2, 0) is 16.0 Å². The van der Waals surface area contributed by atoms with Crippen molar-refractivity contribution >= 4 is 98.8 Å². The molecule has 0 bridgehead atoms. The number of ether oxygens (including phenoxy) is 1. The summed E-state index contributed by atoms with van der Waals surface area (Å²) in [6.45, 7) is 7.16. The monoisotopic (exact) mass is 688 g/mol. The molecule has 2 N–H and O–H groups in total. The molecule has 0 unspecified atom stereocenters. The summed E-state index contributed by atoms with van der Waals surface area (Å²) in [5.41, 5.74) is 2.61. The second-order valence-corrected chi connectivity index (χ2v) is 14.0. The predicted octanol–water partition coefficient (Wildman–Crippen LogP) is 9.91. The summed E-state index contributed by atoms with van der Waals surface area (Å²) >= 11 is 37.6. The lowest BCUT2D eigenvalue weighted by Crippen LogP contribution is -2.27. The number of alkyl halides is 2. The van der Waals surface area contributed by atoms with E-state index in [1.165, 1.54) is 12.1 Å². The third-order valence-corrected chi connectivity index (χ3v) is 9.04. The number of amides is 2. The minimum atomic E-state index is -1.39. The van der Waals surface area contributed by atoms with Crippen molar-refractivity contribution in [1.29, 1.82) is 0 Å². The Labute approximate surface area is 273 Å². The quantitative estimate of drug-likeness (QED) is 0.147. The lowest BCUT2D eigenvalue weighted by atomic mass is 9.98. The molecule has 6 nitrogen and oxygen atoms in total. The first-order chi connectivity index (χ1) is 19.5. The van der Waals surface area contributed by atoms with E-state index in [4.69, 9.17) is 74.3 Å². The lowest BCUT2D eigenvalue weighted by molar-refractivity contribution is -0.117. The number of Topliss-reactive ketones (excluding diaryl/α,β-unsaturated/α-hetero) is 1. The Hall–Kier alpha value is -2.19. The minimum Gasteiger partial charge on any atom is -0.444 e. The van der Waals surface area contributed by atoms with Gasteiger partial charge < -0.3 is 10.1 Å². The van der Waals surface area contributed by atoms with Crippen molar-refractivity contribution in [2.75, 3.05) is 10.6 Å². The molecule has 0 heterocycles. The van der Waals surface area contributed by atoms with Gasteiger partial charge in [0.25, 0.3) is 0 Å². The number of carbonyl (C=O) groups is 3. The molecular formula is C30H26Cl6N2O4. The molecule has 1 aliphatic carbocycles. The fourth-order valence-corrected chi connectivity index (χ4v) is 6.18.